The average Bonchev–Trinajstić information content (AvgIpc) is 3.05. The summed E-state index contributed by atoms with van der Waals surface area (Å²) in [7, 11) is 0. The fraction of sp³-hybridized carbons (Fsp3) is 0.278. The Bertz CT molecular complexity index is 1020. The lowest BCUT2D eigenvalue weighted by molar-refractivity contribution is -0.139. The summed E-state index contributed by atoms with van der Waals surface area (Å²) in [5, 5.41) is 45.1. The number of hydrogen-bond donors (Lipinski definition) is 4. The molecule has 0 aliphatic heterocycles. The predicted molar refractivity (Wildman–Crippen MR) is 89.9 cm³/mol. The van der Waals surface area contributed by atoms with Crippen LogP contribution in [0.4, 0.5) is 0 Å². The lowest BCUT2D eigenvalue weighted by atomic mass is 9.72. The highest BCUT2D eigenvalue weighted by Gasteiger charge is 2.47. The number of aliphatic hydroxyl groups is 2. The number of carbonyl (C=O) groups is 3. The molecule has 0 bridgehead atoms. The number of phenolic OH excluding ortho intramolecular Hbond substituents is 2. The number of benzene rings is 1. The summed E-state index contributed by atoms with van der Waals surface area (Å²) in [5.74, 6) is -3.05. The first kappa shape index (κ1) is 16.9. The van der Waals surface area contributed by atoms with Crippen LogP contribution in [0.2, 0.25) is 0 Å². The maximum atomic E-state index is 12.7. The van der Waals surface area contributed by atoms with E-state index in [1.165, 1.54) is 10.8 Å². The van der Waals surface area contributed by atoms with Gasteiger partial charge in [0.05, 0.1) is 17.2 Å². The molecule has 0 saturated heterocycles. The molecular weight excluding hydrogens is 360 g/mol. The fourth-order valence-corrected chi connectivity index (χ4v) is 4.55. The molecular formula is C18H14O7S. The molecule has 2 atom stereocenters. The van der Waals surface area contributed by atoms with Gasteiger partial charge in [-0.15, -0.1) is 0 Å². The third-order valence-electron chi connectivity index (χ3n) is 5.18. The van der Waals surface area contributed by atoms with E-state index in [0.717, 1.165) is 18.3 Å². The molecule has 2 unspecified atom stereocenters. The quantitative estimate of drug-likeness (QED) is 0.471. The third-order valence-corrected chi connectivity index (χ3v) is 5.93. The zero-order chi connectivity index (χ0) is 19.0. The lowest BCUT2D eigenvalue weighted by Crippen LogP contribution is -2.44. The molecule has 1 aromatic carbocycles. The van der Waals surface area contributed by atoms with Crippen LogP contribution in [-0.2, 0) is 11.2 Å². The van der Waals surface area contributed by atoms with Crippen LogP contribution in [0.5, 0.6) is 11.5 Å². The van der Waals surface area contributed by atoms with Crippen molar-refractivity contribution < 1.29 is 34.8 Å². The summed E-state index contributed by atoms with van der Waals surface area (Å²) >= 11 is 1.14. The second-order valence-corrected chi connectivity index (χ2v) is 7.42. The summed E-state index contributed by atoms with van der Waals surface area (Å²) < 4.78 is 0. The summed E-state index contributed by atoms with van der Waals surface area (Å²) in [5.41, 5.74) is -2.63. The Morgan fingerprint density at radius 2 is 1.65 bits per heavy atom. The molecule has 0 spiro atoms. The molecule has 0 amide bonds. The van der Waals surface area contributed by atoms with Crippen molar-refractivity contribution in [2.45, 2.75) is 31.5 Å². The van der Waals surface area contributed by atoms with Gasteiger partial charge in [-0.25, -0.2) is 0 Å². The summed E-state index contributed by atoms with van der Waals surface area (Å²) in [6.07, 6.45) is -2.23. The van der Waals surface area contributed by atoms with Gasteiger partial charge >= 0.3 is 0 Å². The Morgan fingerprint density at radius 3 is 2.19 bits per heavy atom. The van der Waals surface area contributed by atoms with Crippen molar-refractivity contribution in [3.8, 4) is 11.5 Å². The van der Waals surface area contributed by atoms with E-state index in [2.05, 4.69) is 0 Å². The molecule has 0 radical (unpaired) electrons. The fourth-order valence-electron chi connectivity index (χ4n) is 3.75. The number of aromatic hydroxyl groups is 2. The SMILES string of the molecule is CC(=O)C1(O)Cc2c(O)c3c(c(O)c2C(O)C1)C(=O)c1cscc1C3=O. The Morgan fingerprint density at radius 1 is 1.12 bits per heavy atom. The van der Waals surface area contributed by atoms with Crippen molar-refractivity contribution in [1.29, 1.82) is 0 Å². The summed E-state index contributed by atoms with van der Waals surface area (Å²) in [6.45, 7) is 1.15. The number of carbonyl (C=O) groups excluding carboxylic acids is 3. The normalized spacial score (nSPS) is 24.0. The number of rotatable bonds is 1. The highest BCUT2D eigenvalue weighted by molar-refractivity contribution is 7.08. The third kappa shape index (κ3) is 1.97. The topological polar surface area (TPSA) is 132 Å². The average molecular weight is 374 g/mol. The molecule has 0 fully saturated rings. The van der Waals surface area contributed by atoms with Crippen LogP contribution in [0.25, 0.3) is 0 Å². The Balaban J connectivity index is 2.03. The van der Waals surface area contributed by atoms with E-state index in [4.69, 9.17) is 0 Å². The number of thiophene rings is 1. The molecule has 1 heterocycles. The van der Waals surface area contributed by atoms with Gasteiger partial charge < -0.3 is 20.4 Å². The van der Waals surface area contributed by atoms with Crippen molar-refractivity contribution in [2.24, 2.45) is 0 Å². The van der Waals surface area contributed by atoms with Crippen molar-refractivity contribution >= 4 is 28.7 Å². The minimum absolute atomic E-state index is 0.0995. The van der Waals surface area contributed by atoms with E-state index in [9.17, 15) is 34.8 Å². The minimum atomic E-state index is -1.93. The second kappa shape index (κ2) is 5.23. The maximum absolute atomic E-state index is 12.7. The number of Topliss-reactive ketones (excluding diaryl/α,β-unsaturated/α-hetero) is 1. The van der Waals surface area contributed by atoms with Crippen LogP contribution in [-0.4, -0.2) is 43.4 Å². The van der Waals surface area contributed by atoms with Gasteiger partial charge in [0.1, 0.15) is 17.1 Å². The molecule has 7 nitrogen and oxygen atoms in total. The van der Waals surface area contributed by atoms with Crippen LogP contribution in [0.1, 0.15) is 62.4 Å². The first-order valence-electron chi connectivity index (χ1n) is 7.85. The Labute approximate surface area is 151 Å². The van der Waals surface area contributed by atoms with Gasteiger partial charge in [0.25, 0.3) is 0 Å². The number of ketones is 3. The number of phenols is 2. The first-order valence-corrected chi connectivity index (χ1v) is 8.79. The maximum Gasteiger partial charge on any atom is 0.199 e. The van der Waals surface area contributed by atoms with Crippen molar-refractivity contribution in [3.63, 3.8) is 0 Å². The zero-order valence-corrected chi connectivity index (χ0v) is 14.4. The molecule has 2 aliphatic carbocycles. The van der Waals surface area contributed by atoms with E-state index in [1.54, 1.807) is 0 Å². The minimum Gasteiger partial charge on any atom is -0.507 e. The summed E-state index contributed by atoms with van der Waals surface area (Å²) in [4.78, 5) is 37.2. The van der Waals surface area contributed by atoms with Crippen LogP contribution in [0.3, 0.4) is 0 Å². The van der Waals surface area contributed by atoms with Crippen LogP contribution >= 0.6 is 11.3 Å². The Kier molecular flexibility index (Phi) is 3.40. The predicted octanol–water partition coefficient (Wildman–Crippen LogP) is 1.23. The van der Waals surface area contributed by atoms with Gasteiger partial charge in [-0.3, -0.25) is 14.4 Å². The number of hydrogen-bond acceptors (Lipinski definition) is 8. The molecule has 26 heavy (non-hydrogen) atoms. The van der Waals surface area contributed by atoms with Gasteiger partial charge in [-0.1, -0.05) is 0 Å². The molecule has 2 aromatic rings. The molecule has 134 valence electrons. The van der Waals surface area contributed by atoms with E-state index >= 15 is 0 Å². The van der Waals surface area contributed by atoms with E-state index in [0.29, 0.717) is 0 Å². The molecule has 4 rings (SSSR count). The molecule has 0 saturated carbocycles. The van der Waals surface area contributed by atoms with E-state index in [-0.39, 0.29) is 46.2 Å². The van der Waals surface area contributed by atoms with Crippen LogP contribution in [0.15, 0.2) is 10.8 Å². The zero-order valence-electron chi connectivity index (χ0n) is 13.6. The van der Waals surface area contributed by atoms with Gasteiger partial charge in [0.15, 0.2) is 17.3 Å². The van der Waals surface area contributed by atoms with Crippen molar-refractivity contribution in [3.05, 3.63) is 44.1 Å². The highest BCUT2D eigenvalue weighted by Crippen LogP contribution is 2.50. The van der Waals surface area contributed by atoms with Crippen LogP contribution in [0, 0.1) is 0 Å². The monoisotopic (exact) mass is 374 g/mol. The molecule has 1 aromatic heterocycles. The second-order valence-electron chi connectivity index (χ2n) is 6.68. The number of aliphatic hydroxyl groups excluding tert-OH is 1. The Hall–Kier alpha value is -2.55. The molecule has 4 N–H and O–H groups in total. The van der Waals surface area contributed by atoms with Crippen LogP contribution < -0.4 is 0 Å². The smallest absolute Gasteiger partial charge is 0.199 e. The molecule has 2 aliphatic rings. The van der Waals surface area contributed by atoms with Crippen molar-refractivity contribution in [1.82, 2.24) is 0 Å². The van der Waals surface area contributed by atoms with E-state index in [1.807, 2.05) is 0 Å². The van der Waals surface area contributed by atoms with Gasteiger partial charge in [-0.2, -0.15) is 11.3 Å². The van der Waals surface area contributed by atoms with Gasteiger partial charge in [0.2, 0.25) is 0 Å². The van der Waals surface area contributed by atoms with Crippen molar-refractivity contribution in [2.75, 3.05) is 0 Å². The standard InChI is InChI=1S/C18H14O7S/c1-6(19)18(25)2-7-11(10(20)3-18)17(24)13-12(14(7)21)15(22)8-4-26-5-9(8)16(13)23/h4-5,10,20-21,24-25H,2-3H2,1H3. The lowest BCUT2D eigenvalue weighted by Gasteiger charge is -2.36. The van der Waals surface area contributed by atoms with Gasteiger partial charge in [0, 0.05) is 45.9 Å². The first-order chi connectivity index (χ1) is 12.2. The molecule has 8 heteroatoms. The largest absolute Gasteiger partial charge is 0.507 e. The summed E-state index contributed by atoms with van der Waals surface area (Å²) in [6, 6.07) is 0. The highest BCUT2D eigenvalue weighted by atomic mass is 32.1. The van der Waals surface area contributed by atoms with Gasteiger partial charge in [-0.05, 0) is 6.92 Å². The number of fused-ring (bicyclic) bond motifs is 3. The van der Waals surface area contributed by atoms with E-state index < -0.39 is 40.6 Å².